The molecule has 2 aromatic rings. The minimum absolute atomic E-state index is 0.0598. The second-order valence-corrected chi connectivity index (χ2v) is 4.54. The summed E-state index contributed by atoms with van der Waals surface area (Å²) in [4.78, 5) is 11.3. The van der Waals surface area contributed by atoms with Crippen molar-refractivity contribution in [1.29, 1.82) is 0 Å². The third-order valence-corrected chi connectivity index (χ3v) is 3.04. The summed E-state index contributed by atoms with van der Waals surface area (Å²) in [7, 11) is 0. The lowest BCUT2D eigenvalue weighted by molar-refractivity contribution is -0.114. The quantitative estimate of drug-likeness (QED) is 0.871. The molecule has 18 heavy (non-hydrogen) atoms. The van der Waals surface area contributed by atoms with Crippen LogP contribution in [0.4, 0.5) is 5.69 Å². The van der Waals surface area contributed by atoms with Gasteiger partial charge in [-0.25, -0.2) is 0 Å². The highest BCUT2D eigenvalue weighted by Gasteiger charge is 2.14. The topological polar surface area (TPSA) is 42.2 Å². The van der Waals surface area contributed by atoms with Gasteiger partial charge in [0.25, 0.3) is 0 Å². The molecule has 0 bridgehead atoms. The van der Waals surface area contributed by atoms with E-state index in [-0.39, 0.29) is 5.91 Å². The van der Waals surface area contributed by atoms with Gasteiger partial charge in [0.1, 0.15) is 5.76 Å². The summed E-state index contributed by atoms with van der Waals surface area (Å²) in [5.74, 6) is 0.770. The average Bonchev–Trinajstić information content (AvgIpc) is 2.77. The molecule has 3 heteroatoms. The molecule has 0 saturated heterocycles. The molecule has 2 rings (SSSR count). The molecule has 1 aromatic heterocycles. The molecular weight excluding hydrogens is 226 g/mol. The van der Waals surface area contributed by atoms with Crippen LogP contribution in [0.2, 0.25) is 0 Å². The van der Waals surface area contributed by atoms with E-state index in [0.717, 1.165) is 33.7 Å². The molecule has 0 aliphatic carbocycles. The van der Waals surface area contributed by atoms with E-state index < -0.39 is 0 Å². The maximum absolute atomic E-state index is 11.3. The first kappa shape index (κ1) is 12.4. The summed E-state index contributed by atoms with van der Waals surface area (Å²) < 4.78 is 5.47. The molecule has 0 atom stereocenters. The number of amides is 1. The molecular formula is C15H17NO2. The minimum Gasteiger partial charge on any atom is -0.464 e. The van der Waals surface area contributed by atoms with Gasteiger partial charge in [0.2, 0.25) is 5.91 Å². The van der Waals surface area contributed by atoms with Crippen LogP contribution in [0.25, 0.3) is 11.3 Å². The van der Waals surface area contributed by atoms with Crippen molar-refractivity contribution in [1.82, 2.24) is 0 Å². The minimum atomic E-state index is -0.0598. The summed E-state index contributed by atoms with van der Waals surface area (Å²) >= 11 is 0. The number of benzene rings is 1. The van der Waals surface area contributed by atoms with E-state index in [9.17, 15) is 4.79 Å². The van der Waals surface area contributed by atoms with Crippen molar-refractivity contribution in [3.05, 3.63) is 41.2 Å². The summed E-state index contributed by atoms with van der Waals surface area (Å²) in [6, 6.07) is 5.87. The van der Waals surface area contributed by atoms with Gasteiger partial charge in [-0.1, -0.05) is 6.07 Å². The Morgan fingerprint density at radius 2 is 1.94 bits per heavy atom. The number of rotatable bonds is 2. The summed E-state index contributed by atoms with van der Waals surface area (Å²) in [6.07, 6.45) is 1.66. The van der Waals surface area contributed by atoms with Crippen LogP contribution in [-0.4, -0.2) is 5.91 Å². The Hall–Kier alpha value is -2.03. The summed E-state index contributed by atoms with van der Waals surface area (Å²) in [5.41, 5.74) is 5.18. The lowest BCUT2D eigenvalue weighted by atomic mass is 9.95. The molecule has 1 heterocycles. The summed E-state index contributed by atoms with van der Waals surface area (Å²) in [5, 5.41) is 2.89. The van der Waals surface area contributed by atoms with Crippen LogP contribution in [0, 0.1) is 20.8 Å². The highest BCUT2D eigenvalue weighted by atomic mass is 16.3. The van der Waals surface area contributed by atoms with E-state index in [2.05, 4.69) is 18.3 Å². The maximum atomic E-state index is 11.3. The molecule has 1 aromatic carbocycles. The fraction of sp³-hybridized carbons (Fsp3) is 0.267. The first-order chi connectivity index (χ1) is 8.50. The average molecular weight is 243 g/mol. The van der Waals surface area contributed by atoms with Crippen LogP contribution in [0.15, 0.2) is 28.9 Å². The molecule has 3 nitrogen and oxygen atoms in total. The number of hydrogen-bond acceptors (Lipinski definition) is 2. The Morgan fingerprint density at radius 3 is 2.50 bits per heavy atom. The van der Waals surface area contributed by atoms with E-state index in [0.29, 0.717) is 0 Å². The second kappa shape index (κ2) is 4.69. The summed E-state index contributed by atoms with van der Waals surface area (Å²) in [6.45, 7) is 7.57. The number of furan rings is 1. The van der Waals surface area contributed by atoms with Crippen molar-refractivity contribution < 1.29 is 9.21 Å². The van der Waals surface area contributed by atoms with Gasteiger partial charge >= 0.3 is 0 Å². The van der Waals surface area contributed by atoms with Crippen LogP contribution >= 0.6 is 0 Å². The van der Waals surface area contributed by atoms with Crippen molar-refractivity contribution in [3.63, 3.8) is 0 Å². The molecule has 0 saturated carbocycles. The van der Waals surface area contributed by atoms with E-state index in [1.165, 1.54) is 6.92 Å². The predicted octanol–water partition coefficient (Wildman–Crippen LogP) is 3.83. The Bertz CT molecular complexity index is 583. The Labute approximate surface area is 107 Å². The standard InChI is InChI=1S/C15H17NO2/c1-9-8-10(2)15(16-12(4)17)11(3)14(9)13-6-5-7-18-13/h5-8H,1-4H3,(H,16,17). The Balaban J connectivity index is 2.64. The van der Waals surface area contributed by atoms with Crippen molar-refractivity contribution in [2.75, 3.05) is 5.32 Å². The van der Waals surface area contributed by atoms with E-state index >= 15 is 0 Å². The van der Waals surface area contributed by atoms with Gasteiger partial charge in [-0.2, -0.15) is 0 Å². The fourth-order valence-corrected chi connectivity index (χ4v) is 2.35. The molecule has 0 fully saturated rings. The van der Waals surface area contributed by atoms with Gasteiger partial charge in [-0.05, 0) is 49.6 Å². The fourth-order valence-electron chi connectivity index (χ4n) is 2.35. The van der Waals surface area contributed by atoms with Gasteiger partial charge in [0.05, 0.1) is 6.26 Å². The number of anilines is 1. The van der Waals surface area contributed by atoms with Crippen LogP contribution in [-0.2, 0) is 4.79 Å². The van der Waals surface area contributed by atoms with E-state index in [1.54, 1.807) is 6.26 Å². The zero-order valence-corrected chi connectivity index (χ0v) is 11.1. The molecule has 0 unspecified atom stereocenters. The highest BCUT2D eigenvalue weighted by Crippen LogP contribution is 2.34. The van der Waals surface area contributed by atoms with Crippen LogP contribution in [0.3, 0.4) is 0 Å². The lowest BCUT2D eigenvalue weighted by Crippen LogP contribution is -2.09. The van der Waals surface area contributed by atoms with Gasteiger partial charge in [-0.3, -0.25) is 4.79 Å². The monoisotopic (exact) mass is 243 g/mol. The molecule has 0 aliphatic heterocycles. The molecule has 0 spiro atoms. The smallest absolute Gasteiger partial charge is 0.221 e. The van der Waals surface area contributed by atoms with Gasteiger partial charge < -0.3 is 9.73 Å². The van der Waals surface area contributed by atoms with Gasteiger partial charge in [0.15, 0.2) is 0 Å². The third kappa shape index (κ3) is 2.16. The van der Waals surface area contributed by atoms with Gasteiger partial charge in [-0.15, -0.1) is 0 Å². The van der Waals surface area contributed by atoms with Crippen molar-refractivity contribution in [2.24, 2.45) is 0 Å². The first-order valence-electron chi connectivity index (χ1n) is 5.93. The molecule has 1 amide bonds. The molecule has 0 radical (unpaired) electrons. The molecule has 1 N–H and O–H groups in total. The van der Waals surface area contributed by atoms with Crippen molar-refractivity contribution in [2.45, 2.75) is 27.7 Å². The van der Waals surface area contributed by atoms with Crippen molar-refractivity contribution in [3.8, 4) is 11.3 Å². The van der Waals surface area contributed by atoms with Crippen molar-refractivity contribution >= 4 is 11.6 Å². The largest absolute Gasteiger partial charge is 0.464 e. The SMILES string of the molecule is CC(=O)Nc1c(C)cc(C)c(-c2ccco2)c1C. The van der Waals surface area contributed by atoms with E-state index in [4.69, 9.17) is 4.42 Å². The van der Waals surface area contributed by atoms with E-state index in [1.807, 2.05) is 26.0 Å². The number of hydrogen-bond donors (Lipinski definition) is 1. The first-order valence-corrected chi connectivity index (χ1v) is 5.93. The maximum Gasteiger partial charge on any atom is 0.221 e. The number of carbonyl (C=O) groups excluding carboxylic acids is 1. The third-order valence-electron chi connectivity index (χ3n) is 3.04. The lowest BCUT2D eigenvalue weighted by Gasteiger charge is -2.16. The normalized spacial score (nSPS) is 10.4. The Kier molecular flexibility index (Phi) is 3.24. The van der Waals surface area contributed by atoms with Crippen LogP contribution < -0.4 is 5.32 Å². The zero-order chi connectivity index (χ0) is 13.3. The number of aryl methyl sites for hydroxylation is 2. The highest BCUT2D eigenvalue weighted by molar-refractivity contribution is 5.92. The van der Waals surface area contributed by atoms with Crippen LogP contribution in [0.1, 0.15) is 23.6 Å². The second-order valence-electron chi connectivity index (χ2n) is 4.54. The predicted molar refractivity (Wildman–Crippen MR) is 72.7 cm³/mol. The Morgan fingerprint density at radius 1 is 1.22 bits per heavy atom. The zero-order valence-electron chi connectivity index (χ0n) is 11.1. The number of carbonyl (C=O) groups is 1. The molecule has 0 aliphatic rings. The van der Waals surface area contributed by atoms with Crippen LogP contribution in [0.5, 0.6) is 0 Å². The number of nitrogens with one attached hydrogen (secondary N) is 1. The van der Waals surface area contributed by atoms with Gasteiger partial charge in [0, 0.05) is 18.2 Å². The molecule has 94 valence electrons.